The second kappa shape index (κ2) is 14.2. The van der Waals surface area contributed by atoms with E-state index < -0.39 is 0 Å². The van der Waals surface area contributed by atoms with E-state index in [4.69, 9.17) is 9.73 Å². The van der Waals surface area contributed by atoms with Crippen LogP contribution in [0, 0.1) is 5.92 Å². The van der Waals surface area contributed by atoms with E-state index in [1.165, 1.54) is 5.56 Å². The summed E-state index contributed by atoms with van der Waals surface area (Å²) in [6, 6.07) is 4.63. The Morgan fingerprint density at radius 2 is 1.84 bits per heavy atom. The number of halogens is 1. The highest BCUT2D eigenvalue weighted by Gasteiger charge is 2.24. The first kappa shape index (κ1) is 27.1. The quantitative estimate of drug-likeness (QED) is 0.287. The van der Waals surface area contributed by atoms with Gasteiger partial charge in [0.15, 0.2) is 5.96 Å². The number of nitrogens with one attached hydrogen (secondary N) is 2. The van der Waals surface area contributed by atoms with Crippen LogP contribution >= 0.6 is 24.0 Å². The fourth-order valence-electron chi connectivity index (χ4n) is 4.26. The van der Waals surface area contributed by atoms with Gasteiger partial charge in [-0.1, -0.05) is 19.9 Å². The van der Waals surface area contributed by atoms with Crippen LogP contribution in [0.2, 0.25) is 0 Å². The summed E-state index contributed by atoms with van der Waals surface area (Å²) in [6.45, 7) is 16.9. The van der Waals surface area contributed by atoms with Crippen molar-refractivity contribution in [3.05, 3.63) is 23.9 Å². The number of guanidine groups is 1. The van der Waals surface area contributed by atoms with Crippen molar-refractivity contribution in [2.45, 2.75) is 33.4 Å². The molecule has 0 aromatic carbocycles. The Labute approximate surface area is 211 Å². The number of rotatable bonds is 8. The van der Waals surface area contributed by atoms with E-state index in [2.05, 4.69) is 64.2 Å². The molecule has 0 bridgehead atoms. The summed E-state index contributed by atoms with van der Waals surface area (Å²) < 4.78 is 5.54. The van der Waals surface area contributed by atoms with E-state index in [1.54, 1.807) is 0 Å². The van der Waals surface area contributed by atoms with Crippen molar-refractivity contribution in [2.75, 3.05) is 77.5 Å². The van der Waals surface area contributed by atoms with Gasteiger partial charge in [0.2, 0.25) is 0 Å². The molecule has 1 aromatic heterocycles. The predicted molar refractivity (Wildman–Crippen MR) is 143 cm³/mol. The number of pyridine rings is 1. The van der Waals surface area contributed by atoms with Crippen molar-refractivity contribution in [2.24, 2.45) is 10.9 Å². The minimum atomic E-state index is 0. The standard InChI is InChI=1S/C23H41N7O.HI/c1-5-24-23(27-18-21(19(2)3)29-13-15-31-16-14-29)26-17-20-7-6-8-25-22(20)30-11-9-28(4)10-12-30;/h6-8,19,21H,5,9-18H2,1-4H3,(H2,24,26,27);1H. The Kier molecular flexibility index (Phi) is 12.0. The lowest BCUT2D eigenvalue weighted by Crippen LogP contribution is -2.52. The van der Waals surface area contributed by atoms with Crippen LogP contribution < -0.4 is 15.5 Å². The van der Waals surface area contributed by atoms with Crippen molar-refractivity contribution in [1.82, 2.24) is 25.4 Å². The summed E-state index contributed by atoms with van der Waals surface area (Å²) in [5.41, 5.74) is 1.18. The lowest BCUT2D eigenvalue weighted by atomic mass is 10.0. The molecule has 0 spiro atoms. The van der Waals surface area contributed by atoms with Crippen molar-refractivity contribution in [1.29, 1.82) is 0 Å². The number of ether oxygens (including phenoxy) is 1. The van der Waals surface area contributed by atoms with E-state index in [9.17, 15) is 0 Å². The number of hydrogen-bond acceptors (Lipinski definition) is 6. The molecular weight excluding hydrogens is 517 g/mol. The first-order chi connectivity index (χ1) is 15.1. The number of hydrogen-bond donors (Lipinski definition) is 2. The van der Waals surface area contributed by atoms with E-state index in [0.717, 1.165) is 77.3 Å². The lowest BCUT2D eigenvalue weighted by molar-refractivity contribution is 0.00752. The first-order valence-corrected chi connectivity index (χ1v) is 11.8. The van der Waals surface area contributed by atoms with Gasteiger partial charge in [-0.25, -0.2) is 9.98 Å². The zero-order valence-electron chi connectivity index (χ0n) is 20.2. The molecule has 1 atom stereocenters. The fourth-order valence-corrected chi connectivity index (χ4v) is 4.26. The van der Waals surface area contributed by atoms with Gasteiger partial charge in [0.25, 0.3) is 0 Å². The summed E-state index contributed by atoms with van der Waals surface area (Å²) in [4.78, 5) is 16.9. The number of morpholine rings is 1. The molecule has 0 amide bonds. The highest BCUT2D eigenvalue weighted by Crippen LogP contribution is 2.19. The molecule has 8 nitrogen and oxygen atoms in total. The Bertz CT molecular complexity index is 689. The van der Waals surface area contributed by atoms with E-state index in [1.807, 2.05) is 12.3 Å². The Balaban J connectivity index is 0.00000363. The number of likely N-dealkylation sites (N-methyl/N-ethyl adjacent to an activating group) is 1. The van der Waals surface area contributed by atoms with Crippen LogP contribution in [0.15, 0.2) is 23.3 Å². The summed E-state index contributed by atoms with van der Waals surface area (Å²) in [5, 5.41) is 7.00. The van der Waals surface area contributed by atoms with Crippen molar-refractivity contribution in [3.63, 3.8) is 0 Å². The van der Waals surface area contributed by atoms with Gasteiger partial charge in [-0.3, -0.25) is 4.90 Å². The van der Waals surface area contributed by atoms with E-state index in [0.29, 0.717) is 18.5 Å². The van der Waals surface area contributed by atoms with Gasteiger partial charge in [0.1, 0.15) is 5.82 Å². The number of piperazine rings is 1. The number of anilines is 1. The Morgan fingerprint density at radius 3 is 2.50 bits per heavy atom. The van der Waals surface area contributed by atoms with Gasteiger partial charge >= 0.3 is 0 Å². The summed E-state index contributed by atoms with van der Waals surface area (Å²) in [6.07, 6.45) is 1.89. The van der Waals surface area contributed by atoms with Gasteiger partial charge in [-0.15, -0.1) is 24.0 Å². The third kappa shape index (κ3) is 8.00. The average molecular weight is 560 g/mol. The second-order valence-electron chi connectivity index (χ2n) is 8.81. The van der Waals surface area contributed by atoms with E-state index in [-0.39, 0.29) is 24.0 Å². The monoisotopic (exact) mass is 559 g/mol. The molecule has 2 fully saturated rings. The molecule has 2 aliphatic heterocycles. The predicted octanol–water partition coefficient (Wildman–Crippen LogP) is 1.86. The van der Waals surface area contributed by atoms with Crippen LogP contribution in [-0.2, 0) is 11.3 Å². The molecule has 0 saturated carbocycles. The van der Waals surface area contributed by atoms with Crippen LogP contribution in [0.5, 0.6) is 0 Å². The zero-order chi connectivity index (χ0) is 22.1. The molecule has 1 unspecified atom stereocenters. The normalized spacial score (nSPS) is 19.5. The molecule has 1 aromatic rings. The van der Waals surface area contributed by atoms with Gasteiger partial charge in [0.05, 0.1) is 19.8 Å². The van der Waals surface area contributed by atoms with Crippen LogP contribution in [0.1, 0.15) is 26.3 Å². The fraction of sp³-hybridized carbons (Fsp3) is 0.739. The molecule has 182 valence electrons. The van der Waals surface area contributed by atoms with E-state index >= 15 is 0 Å². The van der Waals surface area contributed by atoms with Crippen molar-refractivity contribution in [3.8, 4) is 0 Å². The summed E-state index contributed by atoms with van der Waals surface area (Å²) in [5.74, 6) is 2.51. The molecule has 2 N–H and O–H groups in total. The van der Waals surface area contributed by atoms with Gasteiger partial charge in [0, 0.05) is 70.2 Å². The summed E-state index contributed by atoms with van der Waals surface area (Å²) in [7, 11) is 2.18. The minimum Gasteiger partial charge on any atom is -0.379 e. The minimum absolute atomic E-state index is 0. The smallest absolute Gasteiger partial charge is 0.191 e. The molecule has 2 aliphatic rings. The molecular formula is C23H42IN7O. The van der Waals surface area contributed by atoms with Crippen LogP contribution in [-0.4, -0.2) is 99.4 Å². The molecule has 3 rings (SSSR count). The number of aliphatic imine (C=N–C) groups is 1. The number of aromatic nitrogens is 1. The zero-order valence-corrected chi connectivity index (χ0v) is 22.5. The SMILES string of the molecule is CCNC(=NCc1cccnc1N1CCN(C)CC1)NCC(C(C)C)N1CCOCC1.I. The third-order valence-electron chi connectivity index (χ3n) is 6.18. The van der Waals surface area contributed by atoms with Gasteiger partial charge in [-0.2, -0.15) is 0 Å². The highest BCUT2D eigenvalue weighted by molar-refractivity contribution is 14.0. The maximum atomic E-state index is 5.54. The molecule has 32 heavy (non-hydrogen) atoms. The lowest BCUT2D eigenvalue weighted by Gasteiger charge is -2.37. The second-order valence-corrected chi connectivity index (χ2v) is 8.81. The number of nitrogens with zero attached hydrogens (tertiary/aromatic N) is 5. The Hall–Kier alpha value is -1.17. The topological polar surface area (TPSA) is 68.3 Å². The molecule has 3 heterocycles. The molecule has 0 aliphatic carbocycles. The third-order valence-corrected chi connectivity index (χ3v) is 6.18. The molecule has 9 heteroatoms. The van der Waals surface area contributed by atoms with Gasteiger partial charge < -0.3 is 25.2 Å². The largest absolute Gasteiger partial charge is 0.379 e. The van der Waals surface area contributed by atoms with Crippen LogP contribution in [0.4, 0.5) is 5.82 Å². The van der Waals surface area contributed by atoms with Crippen LogP contribution in [0.25, 0.3) is 0 Å². The average Bonchev–Trinajstić information content (AvgIpc) is 2.79. The molecule has 2 saturated heterocycles. The first-order valence-electron chi connectivity index (χ1n) is 11.8. The molecule has 0 radical (unpaired) electrons. The van der Waals surface area contributed by atoms with Gasteiger partial charge in [-0.05, 0) is 26.0 Å². The van der Waals surface area contributed by atoms with Crippen molar-refractivity contribution < 1.29 is 4.74 Å². The maximum absolute atomic E-state index is 5.54. The Morgan fingerprint density at radius 1 is 1.12 bits per heavy atom. The van der Waals surface area contributed by atoms with Crippen molar-refractivity contribution >= 4 is 35.8 Å². The maximum Gasteiger partial charge on any atom is 0.191 e. The summed E-state index contributed by atoms with van der Waals surface area (Å²) >= 11 is 0. The highest BCUT2D eigenvalue weighted by atomic mass is 127. The van der Waals surface area contributed by atoms with Crippen LogP contribution in [0.3, 0.4) is 0 Å².